The van der Waals surface area contributed by atoms with Crippen LogP contribution in [0.3, 0.4) is 0 Å². The summed E-state index contributed by atoms with van der Waals surface area (Å²) in [4.78, 5) is 0. The molecule has 0 saturated heterocycles. The molecule has 3 nitrogen and oxygen atoms in total. The summed E-state index contributed by atoms with van der Waals surface area (Å²) in [5, 5.41) is 31.0. The molecule has 0 aliphatic heterocycles. The number of aliphatic hydroxyl groups excluding tert-OH is 3. The highest BCUT2D eigenvalue weighted by atomic mass is 16.3. The Bertz CT molecular complexity index is 411. The molecule has 0 heterocycles. The van der Waals surface area contributed by atoms with Gasteiger partial charge in [-0.05, 0) is 86.4 Å². The maximum atomic E-state index is 10.9. The van der Waals surface area contributed by atoms with E-state index in [4.69, 9.17) is 0 Å². The fourth-order valence-electron chi connectivity index (χ4n) is 6.95. The zero-order valence-corrected chi connectivity index (χ0v) is 13.1. The van der Waals surface area contributed by atoms with E-state index in [2.05, 4.69) is 6.92 Å². The first-order valence-corrected chi connectivity index (χ1v) is 9.02. The minimum atomic E-state index is -0.190. The first-order chi connectivity index (χ1) is 9.98. The van der Waals surface area contributed by atoms with Crippen LogP contribution in [0.25, 0.3) is 0 Å². The predicted octanol–water partition coefficient (Wildman–Crippen LogP) is 2.33. The molecule has 0 bridgehead atoms. The van der Waals surface area contributed by atoms with Crippen LogP contribution in [0, 0.1) is 35.0 Å². The minimum absolute atomic E-state index is 0.109. The molecule has 0 spiro atoms. The van der Waals surface area contributed by atoms with Crippen molar-refractivity contribution in [2.45, 2.75) is 76.6 Å². The van der Waals surface area contributed by atoms with E-state index in [1.165, 1.54) is 12.8 Å². The summed E-state index contributed by atoms with van der Waals surface area (Å²) in [5.41, 5.74) is 0.154. The van der Waals surface area contributed by atoms with Gasteiger partial charge in [0.2, 0.25) is 0 Å². The second kappa shape index (κ2) is 4.94. The third kappa shape index (κ3) is 2.19. The normalized spacial score (nSPS) is 60.0. The van der Waals surface area contributed by atoms with Crippen LogP contribution >= 0.6 is 0 Å². The van der Waals surface area contributed by atoms with E-state index < -0.39 is 0 Å². The van der Waals surface area contributed by atoms with Crippen molar-refractivity contribution in [3.05, 3.63) is 0 Å². The van der Waals surface area contributed by atoms with Crippen molar-refractivity contribution in [2.75, 3.05) is 0 Å². The lowest BCUT2D eigenvalue weighted by Crippen LogP contribution is -2.53. The molecule has 4 aliphatic carbocycles. The first kappa shape index (κ1) is 14.5. The van der Waals surface area contributed by atoms with Gasteiger partial charge in [-0.25, -0.2) is 0 Å². The molecule has 3 heteroatoms. The van der Waals surface area contributed by atoms with Gasteiger partial charge in [0.05, 0.1) is 18.3 Å². The van der Waals surface area contributed by atoms with Crippen LogP contribution in [0.5, 0.6) is 0 Å². The van der Waals surface area contributed by atoms with Crippen LogP contribution in [0.1, 0.15) is 58.3 Å². The lowest BCUT2D eigenvalue weighted by Gasteiger charge is -2.56. The van der Waals surface area contributed by atoms with Crippen molar-refractivity contribution < 1.29 is 15.3 Å². The van der Waals surface area contributed by atoms with Crippen LogP contribution in [0.2, 0.25) is 0 Å². The van der Waals surface area contributed by atoms with E-state index in [9.17, 15) is 15.3 Å². The molecule has 0 amide bonds. The van der Waals surface area contributed by atoms with Crippen LogP contribution in [-0.4, -0.2) is 33.6 Å². The molecule has 9 unspecified atom stereocenters. The molecule has 21 heavy (non-hydrogen) atoms. The lowest BCUT2D eigenvalue weighted by molar-refractivity contribution is -0.131. The topological polar surface area (TPSA) is 60.7 Å². The van der Waals surface area contributed by atoms with Crippen LogP contribution in [0.15, 0.2) is 0 Å². The van der Waals surface area contributed by atoms with Gasteiger partial charge >= 0.3 is 0 Å². The molecule has 9 atom stereocenters. The number of fused-ring (bicyclic) bond motifs is 5. The molecule has 120 valence electrons. The monoisotopic (exact) mass is 294 g/mol. The molecular formula is C18H30O3. The molecule has 4 aliphatic rings. The van der Waals surface area contributed by atoms with Crippen molar-refractivity contribution in [3.8, 4) is 0 Å². The minimum Gasteiger partial charge on any atom is -0.393 e. The number of hydrogen-bond donors (Lipinski definition) is 3. The quantitative estimate of drug-likeness (QED) is 0.642. The summed E-state index contributed by atoms with van der Waals surface area (Å²) in [5.74, 6) is 2.88. The highest BCUT2D eigenvalue weighted by Gasteiger charge is 2.58. The van der Waals surface area contributed by atoms with E-state index in [0.717, 1.165) is 38.5 Å². The third-order valence-electron chi connectivity index (χ3n) is 7.63. The molecule has 0 aromatic heterocycles. The molecule has 4 fully saturated rings. The average Bonchev–Trinajstić information content (AvgIpc) is 2.72. The van der Waals surface area contributed by atoms with Crippen molar-refractivity contribution in [3.63, 3.8) is 0 Å². The summed E-state index contributed by atoms with van der Waals surface area (Å²) < 4.78 is 0. The molecule has 0 radical (unpaired) electrons. The van der Waals surface area contributed by atoms with Crippen molar-refractivity contribution in [2.24, 2.45) is 35.0 Å². The van der Waals surface area contributed by atoms with Gasteiger partial charge in [0.15, 0.2) is 0 Å². The van der Waals surface area contributed by atoms with Gasteiger partial charge in [-0.2, -0.15) is 0 Å². The Morgan fingerprint density at radius 2 is 1.57 bits per heavy atom. The van der Waals surface area contributed by atoms with E-state index in [0.29, 0.717) is 29.6 Å². The molecule has 4 saturated carbocycles. The van der Waals surface area contributed by atoms with Crippen molar-refractivity contribution in [1.82, 2.24) is 0 Å². The fourth-order valence-corrected chi connectivity index (χ4v) is 6.95. The maximum Gasteiger partial charge on any atom is 0.0579 e. The second-order valence-electron chi connectivity index (χ2n) is 8.84. The maximum absolute atomic E-state index is 10.9. The summed E-state index contributed by atoms with van der Waals surface area (Å²) in [6.07, 6.45) is 7.63. The van der Waals surface area contributed by atoms with Crippen molar-refractivity contribution in [1.29, 1.82) is 0 Å². The van der Waals surface area contributed by atoms with E-state index >= 15 is 0 Å². The van der Waals surface area contributed by atoms with Crippen LogP contribution in [-0.2, 0) is 0 Å². The molecular weight excluding hydrogens is 264 g/mol. The molecule has 0 aromatic rings. The third-order valence-corrected chi connectivity index (χ3v) is 7.63. The largest absolute Gasteiger partial charge is 0.393 e. The van der Waals surface area contributed by atoms with E-state index in [1.54, 1.807) is 0 Å². The highest BCUT2D eigenvalue weighted by molar-refractivity contribution is 5.07. The molecule has 0 aromatic carbocycles. The Hall–Kier alpha value is -0.120. The fraction of sp³-hybridized carbons (Fsp3) is 1.00. The Balaban J connectivity index is 1.61. The number of rotatable bonds is 0. The molecule has 3 N–H and O–H groups in total. The summed E-state index contributed by atoms with van der Waals surface area (Å²) in [7, 11) is 0. The van der Waals surface area contributed by atoms with Gasteiger partial charge in [0.1, 0.15) is 0 Å². The Morgan fingerprint density at radius 3 is 2.38 bits per heavy atom. The van der Waals surface area contributed by atoms with Crippen LogP contribution in [0.4, 0.5) is 0 Å². The standard InChI is InChI=1S/C18H30O3/c1-18-8-12(20)7-15(18)14-4-2-10-6-11(19)3-5-13(10)17(14)16(21)9-18/h10-17,19-21H,2-9H2,1H3. The number of aliphatic hydroxyl groups is 3. The van der Waals surface area contributed by atoms with Crippen LogP contribution < -0.4 is 0 Å². The van der Waals surface area contributed by atoms with Gasteiger partial charge in [0.25, 0.3) is 0 Å². The summed E-state index contributed by atoms with van der Waals surface area (Å²) in [6, 6.07) is 0. The number of hydrogen-bond acceptors (Lipinski definition) is 3. The van der Waals surface area contributed by atoms with Gasteiger partial charge in [0, 0.05) is 0 Å². The van der Waals surface area contributed by atoms with Gasteiger partial charge < -0.3 is 15.3 Å². The van der Waals surface area contributed by atoms with E-state index in [-0.39, 0.29) is 23.7 Å². The smallest absolute Gasteiger partial charge is 0.0579 e. The lowest BCUT2D eigenvalue weighted by atomic mass is 9.50. The Labute approximate surface area is 127 Å². The predicted molar refractivity (Wildman–Crippen MR) is 80.5 cm³/mol. The van der Waals surface area contributed by atoms with Gasteiger partial charge in [-0.3, -0.25) is 0 Å². The second-order valence-corrected chi connectivity index (χ2v) is 8.84. The highest BCUT2D eigenvalue weighted by Crippen LogP contribution is 2.62. The van der Waals surface area contributed by atoms with E-state index in [1.807, 2.05) is 0 Å². The molecule has 4 rings (SSSR count). The summed E-state index contributed by atoms with van der Waals surface area (Å²) >= 11 is 0. The average molecular weight is 294 g/mol. The van der Waals surface area contributed by atoms with Crippen molar-refractivity contribution >= 4 is 0 Å². The Kier molecular flexibility index (Phi) is 3.40. The summed E-state index contributed by atoms with van der Waals surface area (Å²) in [6.45, 7) is 2.30. The Morgan fingerprint density at radius 1 is 0.810 bits per heavy atom. The zero-order valence-electron chi connectivity index (χ0n) is 13.1. The van der Waals surface area contributed by atoms with Gasteiger partial charge in [-0.15, -0.1) is 0 Å². The van der Waals surface area contributed by atoms with Gasteiger partial charge in [-0.1, -0.05) is 6.92 Å². The SMILES string of the molecule is CC12CC(O)CC1C1CCC3CC(O)CCC3C1C(O)C2. The zero-order chi connectivity index (χ0) is 14.8. The first-order valence-electron chi connectivity index (χ1n) is 9.02.